The molecule has 0 unspecified atom stereocenters. The molecule has 0 aliphatic rings. The summed E-state index contributed by atoms with van der Waals surface area (Å²) < 4.78 is 2.91. The van der Waals surface area contributed by atoms with Gasteiger partial charge in [-0.05, 0) is 6.26 Å². The number of thioether (sulfide) groups is 1. The van der Waals surface area contributed by atoms with Gasteiger partial charge in [-0.3, -0.25) is 0 Å². The third-order valence-corrected chi connectivity index (χ3v) is 1.92. The third-order valence-electron chi connectivity index (χ3n) is 1.30. The molecule has 2 heterocycles. The van der Waals surface area contributed by atoms with Gasteiger partial charge >= 0.3 is 0 Å². The molecule has 0 aliphatic heterocycles. The van der Waals surface area contributed by atoms with Crippen LogP contribution in [0.2, 0.25) is 0 Å². The quantitative estimate of drug-likeness (QED) is 0.455. The van der Waals surface area contributed by atoms with E-state index in [0.29, 0.717) is 5.78 Å². The first-order chi connectivity index (χ1) is 5.33. The molecule has 0 bridgehead atoms. The van der Waals surface area contributed by atoms with Crippen molar-refractivity contribution in [1.82, 2.24) is 24.5 Å². The Labute approximate surface area is 66.4 Å². The minimum atomic E-state index is 0.550. The van der Waals surface area contributed by atoms with Crippen molar-refractivity contribution < 1.29 is 0 Å². The highest BCUT2D eigenvalue weighted by molar-refractivity contribution is 7.98. The number of hydrogen-bond acceptors (Lipinski definition) is 5. The van der Waals surface area contributed by atoms with Gasteiger partial charge in [0.25, 0.3) is 5.78 Å². The molecule has 0 aliphatic carbocycles. The Balaban J connectivity index is 2.77. The molecule has 0 saturated heterocycles. The van der Waals surface area contributed by atoms with Crippen LogP contribution >= 0.6 is 11.8 Å². The van der Waals surface area contributed by atoms with Crippen molar-refractivity contribution in [2.24, 2.45) is 0 Å². The van der Waals surface area contributed by atoms with E-state index in [1.54, 1.807) is 4.52 Å². The molecule has 0 saturated carbocycles. The summed E-state index contributed by atoms with van der Waals surface area (Å²) >= 11 is 1.48. The second-order valence-corrected chi connectivity index (χ2v) is 2.71. The van der Waals surface area contributed by atoms with Gasteiger partial charge in [0.2, 0.25) is 5.16 Å². The van der Waals surface area contributed by atoms with E-state index in [4.69, 9.17) is 5.84 Å². The molecule has 0 amide bonds. The van der Waals surface area contributed by atoms with Crippen molar-refractivity contribution in [2.45, 2.75) is 5.16 Å². The Morgan fingerprint density at radius 2 is 2.36 bits per heavy atom. The largest absolute Gasteiger partial charge is 0.335 e. The average Bonchev–Trinajstić information content (AvgIpc) is 2.53. The van der Waals surface area contributed by atoms with Crippen LogP contribution in [0.25, 0.3) is 5.78 Å². The molecule has 58 valence electrons. The van der Waals surface area contributed by atoms with Crippen LogP contribution in [0, 0.1) is 0 Å². The Hall–Kier alpha value is -1.24. The van der Waals surface area contributed by atoms with Crippen molar-refractivity contribution in [2.75, 3.05) is 12.1 Å². The van der Waals surface area contributed by atoms with E-state index < -0.39 is 0 Å². The third kappa shape index (κ3) is 0.773. The predicted octanol–water partition coefficient (Wildman–Crippen LogP) is -0.639. The van der Waals surface area contributed by atoms with Crippen molar-refractivity contribution in [3.05, 3.63) is 6.33 Å². The number of rotatable bonds is 1. The van der Waals surface area contributed by atoms with E-state index in [9.17, 15) is 0 Å². The maximum atomic E-state index is 5.47. The molecule has 2 N–H and O–H groups in total. The van der Waals surface area contributed by atoms with Gasteiger partial charge in [-0.25, -0.2) is 4.68 Å². The predicted molar refractivity (Wildman–Crippen MR) is 40.7 cm³/mol. The van der Waals surface area contributed by atoms with Crippen molar-refractivity contribution in [3.8, 4) is 0 Å². The zero-order chi connectivity index (χ0) is 7.84. The van der Waals surface area contributed by atoms with E-state index in [2.05, 4.69) is 15.3 Å². The Kier molecular flexibility index (Phi) is 1.25. The molecule has 0 atom stereocenters. The Bertz CT molecular complexity index is 375. The fourth-order valence-corrected chi connectivity index (χ4v) is 1.23. The molecule has 2 rings (SSSR count). The zero-order valence-corrected chi connectivity index (χ0v) is 6.62. The van der Waals surface area contributed by atoms with Gasteiger partial charge in [0.05, 0.1) is 0 Å². The van der Waals surface area contributed by atoms with Gasteiger partial charge in [-0.15, -0.1) is 10.2 Å². The molecule has 0 spiro atoms. The van der Waals surface area contributed by atoms with Crippen LogP contribution in [-0.2, 0) is 0 Å². The number of nitrogens with zero attached hydrogens (tertiary/aromatic N) is 5. The highest BCUT2D eigenvalue weighted by Crippen LogP contribution is 2.10. The van der Waals surface area contributed by atoms with Crippen LogP contribution in [0.1, 0.15) is 0 Å². The van der Waals surface area contributed by atoms with Crippen LogP contribution in [0.5, 0.6) is 0 Å². The molecular weight excluding hydrogens is 164 g/mol. The maximum Gasteiger partial charge on any atom is 0.273 e. The first kappa shape index (κ1) is 6.47. The maximum absolute atomic E-state index is 5.47. The molecule has 2 aromatic rings. The number of hydrogen-bond donors (Lipinski definition) is 1. The van der Waals surface area contributed by atoms with E-state index >= 15 is 0 Å². The lowest BCUT2D eigenvalue weighted by Crippen LogP contribution is -2.06. The first-order valence-electron chi connectivity index (χ1n) is 2.91. The van der Waals surface area contributed by atoms with Crippen LogP contribution < -0.4 is 5.84 Å². The fraction of sp³-hybridized carbons (Fsp3) is 0.250. The molecule has 7 heteroatoms. The fourth-order valence-electron chi connectivity index (χ4n) is 0.806. The summed E-state index contributed by atoms with van der Waals surface area (Å²) in [5, 5.41) is 12.4. The molecule has 0 aromatic carbocycles. The monoisotopic (exact) mass is 170 g/mol. The molecule has 11 heavy (non-hydrogen) atoms. The summed E-state index contributed by atoms with van der Waals surface area (Å²) in [5.74, 6) is 6.02. The highest BCUT2D eigenvalue weighted by atomic mass is 32.2. The minimum absolute atomic E-state index is 0.550. The molecular formula is C4H6N6S. The normalized spacial score (nSPS) is 11.0. The van der Waals surface area contributed by atoms with Gasteiger partial charge in [-0.2, -0.15) is 9.61 Å². The summed E-state index contributed by atoms with van der Waals surface area (Å²) in [6.07, 6.45) is 3.40. The molecule has 0 radical (unpaired) electrons. The smallest absolute Gasteiger partial charge is 0.273 e. The van der Waals surface area contributed by atoms with E-state index in [1.165, 1.54) is 22.8 Å². The number of nitrogen functional groups attached to an aromatic ring is 1. The van der Waals surface area contributed by atoms with Gasteiger partial charge in [0.1, 0.15) is 6.33 Å². The van der Waals surface area contributed by atoms with Gasteiger partial charge in [-0.1, -0.05) is 11.8 Å². The second kappa shape index (κ2) is 2.12. The van der Waals surface area contributed by atoms with Gasteiger partial charge in [0, 0.05) is 0 Å². The molecule has 2 aromatic heterocycles. The summed E-state index contributed by atoms with van der Waals surface area (Å²) in [7, 11) is 0. The van der Waals surface area contributed by atoms with Crippen LogP contribution in [-0.4, -0.2) is 30.7 Å². The van der Waals surface area contributed by atoms with Crippen molar-refractivity contribution >= 4 is 17.5 Å². The summed E-state index contributed by atoms with van der Waals surface area (Å²) in [6, 6.07) is 0. The van der Waals surface area contributed by atoms with Crippen molar-refractivity contribution in [1.29, 1.82) is 0 Å². The summed E-state index contributed by atoms with van der Waals surface area (Å²) in [4.78, 5) is 0. The van der Waals surface area contributed by atoms with Gasteiger partial charge in [0.15, 0.2) is 0 Å². The lowest BCUT2D eigenvalue weighted by molar-refractivity contribution is 0.821. The average molecular weight is 170 g/mol. The zero-order valence-electron chi connectivity index (χ0n) is 5.80. The number of fused-ring (bicyclic) bond motifs is 1. The van der Waals surface area contributed by atoms with Gasteiger partial charge < -0.3 is 5.84 Å². The SMILES string of the molecule is CSc1nnc2n(N)cnn12. The van der Waals surface area contributed by atoms with Crippen LogP contribution in [0.15, 0.2) is 11.5 Å². The Morgan fingerprint density at radius 3 is 3.09 bits per heavy atom. The summed E-state index contributed by atoms with van der Waals surface area (Å²) in [6.45, 7) is 0. The molecule has 0 fully saturated rings. The molecule has 6 nitrogen and oxygen atoms in total. The lowest BCUT2D eigenvalue weighted by atomic mass is 11.1. The lowest BCUT2D eigenvalue weighted by Gasteiger charge is -1.84. The number of aromatic nitrogens is 5. The number of nitrogens with two attached hydrogens (primary N) is 1. The standard InChI is InChI=1S/C4H6N6S/c1-11-4-8-7-3-9(5)2-6-10(3)4/h2H,5H2,1H3. The van der Waals surface area contributed by atoms with E-state index in [0.717, 1.165) is 5.16 Å². The van der Waals surface area contributed by atoms with Crippen LogP contribution in [0.4, 0.5) is 0 Å². The minimum Gasteiger partial charge on any atom is -0.335 e. The summed E-state index contributed by atoms with van der Waals surface area (Å²) in [5.41, 5.74) is 0. The second-order valence-electron chi connectivity index (χ2n) is 1.94. The van der Waals surface area contributed by atoms with E-state index in [1.807, 2.05) is 6.26 Å². The topological polar surface area (TPSA) is 74.0 Å². The highest BCUT2D eigenvalue weighted by Gasteiger charge is 2.07. The van der Waals surface area contributed by atoms with Crippen molar-refractivity contribution in [3.63, 3.8) is 0 Å². The Morgan fingerprint density at radius 1 is 1.55 bits per heavy atom. The van der Waals surface area contributed by atoms with Crippen LogP contribution in [0.3, 0.4) is 0 Å². The first-order valence-corrected chi connectivity index (χ1v) is 4.13. The van der Waals surface area contributed by atoms with E-state index in [-0.39, 0.29) is 0 Å².